The maximum absolute atomic E-state index is 3.34. The zero-order valence-electron chi connectivity index (χ0n) is 6.72. The molecule has 0 N–H and O–H groups in total. The summed E-state index contributed by atoms with van der Waals surface area (Å²) in [5, 5.41) is 0. The van der Waals surface area contributed by atoms with Crippen LogP contribution in [0.1, 0.15) is 19.8 Å². The Morgan fingerprint density at radius 3 is 2.73 bits per heavy atom. The SMILES string of the molecule is CC1=C(C2=[C]CC=C2)CC=C1. The van der Waals surface area contributed by atoms with E-state index in [4.69, 9.17) is 0 Å². The second-order valence-corrected chi connectivity index (χ2v) is 2.97. The van der Waals surface area contributed by atoms with E-state index in [0.29, 0.717) is 0 Å². The molecular weight excluding hydrogens is 132 g/mol. The molecule has 0 unspecified atom stereocenters. The molecule has 1 radical (unpaired) electrons. The minimum atomic E-state index is 0.992. The molecule has 0 aromatic heterocycles. The Labute approximate surface area is 67.6 Å². The normalized spacial score (nSPS) is 21.7. The first kappa shape index (κ1) is 6.66. The van der Waals surface area contributed by atoms with Gasteiger partial charge >= 0.3 is 0 Å². The van der Waals surface area contributed by atoms with E-state index in [1.54, 1.807) is 0 Å². The molecular formula is C11H11. The lowest BCUT2D eigenvalue weighted by Crippen LogP contribution is -1.82. The lowest BCUT2D eigenvalue weighted by Gasteiger charge is -2.01. The first-order chi connectivity index (χ1) is 5.38. The van der Waals surface area contributed by atoms with E-state index in [0.717, 1.165) is 12.8 Å². The molecule has 0 fully saturated rings. The summed E-state index contributed by atoms with van der Waals surface area (Å²) in [7, 11) is 0. The summed E-state index contributed by atoms with van der Waals surface area (Å²) in [5.74, 6) is 0. The number of hydrogen-bond donors (Lipinski definition) is 0. The first-order valence-corrected chi connectivity index (χ1v) is 4.02. The van der Waals surface area contributed by atoms with Crippen molar-refractivity contribution < 1.29 is 0 Å². The summed E-state index contributed by atoms with van der Waals surface area (Å²) in [4.78, 5) is 0. The molecule has 0 saturated carbocycles. The third kappa shape index (κ3) is 1.09. The van der Waals surface area contributed by atoms with Gasteiger partial charge in [-0.3, -0.25) is 0 Å². The highest BCUT2D eigenvalue weighted by Gasteiger charge is 2.09. The van der Waals surface area contributed by atoms with E-state index in [9.17, 15) is 0 Å². The Morgan fingerprint density at radius 2 is 2.18 bits per heavy atom. The molecule has 0 nitrogen and oxygen atoms in total. The van der Waals surface area contributed by atoms with Gasteiger partial charge in [-0.1, -0.05) is 24.3 Å². The molecule has 0 amide bonds. The molecule has 0 aromatic rings. The maximum Gasteiger partial charge on any atom is -0.00850 e. The predicted molar refractivity (Wildman–Crippen MR) is 47.0 cm³/mol. The summed E-state index contributed by atoms with van der Waals surface area (Å²) >= 11 is 0. The summed E-state index contributed by atoms with van der Waals surface area (Å²) < 4.78 is 0. The van der Waals surface area contributed by atoms with E-state index >= 15 is 0 Å². The number of hydrogen-bond acceptors (Lipinski definition) is 0. The summed E-state index contributed by atoms with van der Waals surface area (Å²) in [6.45, 7) is 2.17. The van der Waals surface area contributed by atoms with Crippen LogP contribution in [0.2, 0.25) is 0 Å². The summed E-state index contributed by atoms with van der Waals surface area (Å²) in [5.41, 5.74) is 4.17. The molecule has 0 aromatic carbocycles. The third-order valence-corrected chi connectivity index (χ3v) is 2.19. The minimum Gasteiger partial charge on any atom is -0.0798 e. The molecule has 0 aliphatic heterocycles. The molecule has 55 valence electrons. The van der Waals surface area contributed by atoms with Crippen molar-refractivity contribution in [3.05, 3.63) is 47.1 Å². The lowest BCUT2D eigenvalue weighted by atomic mass is 10.0. The highest BCUT2D eigenvalue weighted by atomic mass is 14.1. The van der Waals surface area contributed by atoms with Crippen molar-refractivity contribution in [1.82, 2.24) is 0 Å². The van der Waals surface area contributed by atoms with Crippen LogP contribution in [0.15, 0.2) is 41.0 Å². The van der Waals surface area contributed by atoms with Crippen LogP contribution in [0.3, 0.4) is 0 Å². The van der Waals surface area contributed by atoms with Gasteiger partial charge in [-0.15, -0.1) is 0 Å². The maximum atomic E-state index is 3.34. The van der Waals surface area contributed by atoms with Crippen molar-refractivity contribution in [1.29, 1.82) is 0 Å². The fourth-order valence-corrected chi connectivity index (χ4v) is 1.55. The Balaban J connectivity index is 2.30. The van der Waals surface area contributed by atoms with Gasteiger partial charge in [0.2, 0.25) is 0 Å². The monoisotopic (exact) mass is 143 g/mol. The van der Waals surface area contributed by atoms with Gasteiger partial charge in [0.05, 0.1) is 0 Å². The molecule has 11 heavy (non-hydrogen) atoms. The van der Waals surface area contributed by atoms with E-state index < -0.39 is 0 Å². The van der Waals surface area contributed by atoms with Crippen LogP contribution in [0.25, 0.3) is 0 Å². The lowest BCUT2D eigenvalue weighted by molar-refractivity contribution is 1.24. The average molecular weight is 143 g/mol. The van der Waals surface area contributed by atoms with Crippen molar-refractivity contribution >= 4 is 0 Å². The number of allylic oxidation sites excluding steroid dienone is 8. The number of rotatable bonds is 1. The highest BCUT2D eigenvalue weighted by Crippen LogP contribution is 2.28. The molecule has 2 aliphatic rings. The van der Waals surface area contributed by atoms with Gasteiger partial charge in [0.15, 0.2) is 0 Å². The molecule has 0 atom stereocenters. The average Bonchev–Trinajstić information content (AvgIpc) is 2.55. The smallest absolute Gasteiger partial charge is 0.00850 e. The van der Waals surface area contributed by atoms with Gasteiger partial charge in [-0.25, -0.2) is 0 Å². The van der Waals surface area contributed by atoms with E-state index in [-0.39, 0.29) is 0 Å². The van der Waals surface area contributed by atoms with Crippen molar-refractivity contribution in [3.8, 4) is 0 Å². The van der Waals surface area contributed by atoms with E-state index in [1.165, 1.54) is 16.7 Å². The van der Waals surface area contributed by atoms with Crippen LogP contribution in [-0.2, 0) is 0 Å². The molecule has 0 bridgehead atoms. The molecule has 0 saturated heterocycles. The van der Waals surface area contributed by atoms with Crippen LogP contribution in [0.5, 0.6) is 0 Å². The quantitative estimate of drug-likeness (QED) is 0.529. The van der Waals surface area contributed by atoms with E-state index in [1.807, 2.05) is 0 Å². The van der Waals surface area contributed by atoms with E-state index in [2.05, 4.69) is 37.3 Å². The topological polar surface area (TPSA) is 0 Å². The van der Waals surface area contributed by atoms with Crippen molar-refractivity contribution in [2.24, 2.45) is 0 Å². The summed E-state index contributed by atoms with van der Waals surface area (Å²) in [6, 6.07) is 0. The second kappa shape index (κ2) is 2.54. The second-order valence-electron chi connectivity index (χ2n) is 2.97. The van der Waals surface area contributed by atoms with Gasteiger partial charge in [0, 0.05) is 0 Å². The zero-order chi connectivity index (χ0) is 7.68. The van der Waals surface area contributed by atoms with Crippen LogP contribution in [-0.4, -0.2) is 0 Å². The van der Waals surface area contributed by atoms with Crippen molar-refractivity contribution in [2.45, 2.75) is 19.8 Å². The molecule has 0 heteroatoms. The van der Waals surface area contributed by atoms with Crippen molar-refractivity contribution in [3.63, 3.8) is 0 Å². The molecule has 2 rings (SSSR count). The van der Waals surface area contributed by atoms with Gasteiger partial charge in [-0.2, -0.15) is 0 Å². The predicted octanol–water partition coefficient (Wildman–Crippen LogP) is 2.95. The van der Waals surface area contributed by atoms with Crippen LogP contribution < -0.4 is 0 Å². The van der Waals surface area contributed by atoms with Gasteiger partial charge in [-0.05, 0) is 42.6 Å². The fourth-order valence-electron chi connectivity index (χ4n) is 1.55. The third-order valence-electron chi connectivity index (χ3n) is 2.19. The molecule has 0 heterocycles. The van der Waals surface area contributed by atoms with Crippen LogP contribution in [0.4, 0.5) is 0 Å². The molecule has 2 aliphatic carbocycles. The highest BCUT2D eigenvalue weighted by molar-refractivity contribution is 5.50. The Hall–Kier alpha value is -1.04. The Bertz CT molecular complexity index is 285. The molecule has 0 spiro atoms. The van der Waals surface area contributed by atoms with Gasteiger partial charge in [0.1, 0.15) is 0 Å². The van der Waals surface area contributed by atoms with Crippen molar-refractivity contribution in [2.75, 3.05) is 0 Å². The standard InChI is InChI=1S/C11H11/c1-9-5-4-8-11(9)10-6-2-3-7-10/h2,4-6H,3,8H2,1H3. The zero-order valence-corrected chi connectivity index (χ0v) is 6.72. The summed E-state index contributed by atoms with van der Waals surface area (Å²) in [6.07, 6.45) is 14.2. The first-order valence-electron chi connectivity index (χ1n) is 4.02. The fraction of sp³-hybridized carbons (Fsp3) is 0.273. The van der Waals surface area contributed by atoms with Gasteiger partial charge in [0.25, 0.3) is 0 Å². The van der Waals surface area contributed by atoms with Crippen LogP contribution in [0, 0.1) is 6.08 Å². The van der Waals surface area contributed by atoms with Crippen LogP contribution >= 0.6 is 0 Å². The van der Waals surface area contributed by atoms with Gasteiger partial charge < -0.3 is 0 Å². The Kier molecular flexibility index (Phi) is 1.54. The largest absolute Gasteiger partial charge is 0.0798 e. The Morgan fingerprint density at radius 1 is 1.27 bits per heavy atom. The minimum absolute atomic E-state index is 0.992.